The molecule has 1 aromatic heterocycles. The number of benzene rings is 2. The van der Waals surface area contributed by atoms with Crippen molar-refractivity contribution < 1.29 is 18.7 Å². The summed E-state index contributed by atoms with van der Waals surface area (Å²) in [6.45, 7) is 2.47. The Kier molecular flexibility index (Phi) is 5.19. The van der Waals surface area contributed by atoms with Crippen molar-refractivity contribution in [2.75, 3.05) is 20.3 Å². The van der Waals surface area contributed by atoms with E-state index in [9.17, 15) is 9.18 Å². The lowest BCUT2D eigenvalue weighted by Gasteiger charge is -2.08. The monoisotopic (exact) mass is 359 g/mol. The van der Waals surface area contributed by atoms with E-state index in [1.807, 2.05) is 18.2 Å². The van der Waals surface area contributed by atoms with Gasteiger partial charge in [-0.2, -0.15) is 0 Å². The van der Waals surface area contributed by atoms with Gasteiger partial charge in [0.05, 0.1) is 18.5 Å². The molecule has 0 radical (unpaired) electrons. The van der Waals surface area contributed by atoms with Crippen LogP contribution in [0, 0.1) is 12.7 Å². The number of methoxy groups -OCH3 is 1. The van der Waals surface area contributed by atoms with Crippen LogP contribution in [0.5, 0.6) is 11.5 Å². The number of rotatable bonds is 6. The topological polar surface area (TPSA) is 47.6 Å². The summed E-state index contributed by atoms with van der Waals surface area (Å²) < 4.78 is 25.3. The molecule has 4 nitrogen and oxygen atoms in total. The molecule has 0 spiro atoms. The molecule has 25 heavy (non-hydrogen) atoms. The van der Waals surface area contributed by atoms with Crippen molar-refractivity contribution in [3.05, 3.63) is 58.7 Å². The Hall–Kier alpha value is -2.60. The highest BCUT2D eigenvalue weighted by molar-refractivity contribution is 7.21. The molecular formula is C19H18FNO3S. The highest BCUT2D eigenvalue weighted by Gasteiger charge is 2.17. The van der Waals surface area contributed by atoms with Crippen LogP contribution in [-0.2, 0) is 0 Å². The minimum absolute atomic E-state index is 0.212. The van der Waals surface area contributed by atoms with Gasteiger partial charge >= 0.3 is 0 Å². The maximum Gasteiger partial charge on any atom is 0.261 e. The zero-order valence-corrected chi connectivity index (χ0v) is 14.8. The number of nitrogens with one attached hydrogen (secondary N) is 1. The number of fused-ring (bicyclic) bond motifs is 1. The summed E-state index contributed by atoms with van der Waals surface area (Å²) in [4.78, 5) is 12.9. The van der Waals surface area contributed by atoms with Crippen molar-refractivity contribution in [3.63, 3.8) is 0 Å². The molecule has 1 N–H and O–H groups in total. The van der Waals surface area contributed by atoms with Crippen LogP contribution in [0.2, 0.25) is 0 Å². The lowest BCUT2D eigenvalue weighted by Crippen LogP contribution is -2.27. The van der Waals surface area contributed by atoms with Crippen LogP contribution in [0.25, 0.3) is 10.1 Å². The largest absolute Gasteiger partial charge is 0.497 e. The fourth-order valence-corrected chi connectivity index (χ4v) is 3.69. The second kappa shape index (κ2) is 7.53. The first-order valence-electron chi connectivity index (χ1n) is 7.83. The molecule has 1 amide bonds. The molecule has 0 unspecified atom stereocenters. The van der Waals surface area contributed by atoms with Crippen molar-refractivity contribution in [1.82, 2.24) is 5.32 Å². The van der Waals surface area contributed by atoms with E-state index in [1.54, 1.807) is 32.2 Å². The highest BCUT2D eigenvalue weighted by Crippen LogP contribution is 2.32. The van der Waals surface area contributed by atoms with E-state index in [0.717, 1.165) is 10.4 Å². The van der Waals surface area contributed by atoms with Crippen molar-refractivity contribution in [1.29, 1.82) is 0 Å². The Morgan fingerprint density at radius 1 is 1.16 bits per heavy atom. The quantitative estimate of drug-likeness (QED) is 0.672. The van der Waals surface area contributed by atoms with E-state index < -0.39 is 0 Å². The van der Waals surface area contributed by atoms with Crippen LogP contribution in [0.3, 0.4) is 0 Å². The van der Waals surface area contributed by atoms with Crippen molar-refractivity contribution in [3.8, 4) is 11.5 Å². The Balaban J connectivity index is 1.57. The Bertz CT molecular complexity index is 890. The molecule has 1 heterocycles. The average molecular weight is 359 g/mol. The second-order valence-corrected chi connectivity index (χ2v) is 6.50. The van der Waals surface area contributed by atoms with Crippen LogP contribution in [0.1, 0.15) is 15.2 Å². The zero-order valence-electron chi connectivity index (χ0n) is 14.0. The van der Waals surface area contributed by atoms with Gasteiger partial charge in [-0.1, -0.05) is 6.07 Å². The van der Waals surface area contributed by atoms with Gasteiger partial charge in [-0.05, 0) is 48.9 Å². The summed E-state index contributed by atoms with van der Waals surface area (Å²) in [6, 6.07) is 12.1. The molecule has 0 bridgehead atoms. The predicted molar refractivity (Wildman–Crippen MR) is 97.3 cm³/mol. The van der Waals surface area contributed by atoms with Crippen LogP contribution in [0.15, 0.2) is 42.5 Å². The van der Waals surface area contributed by atoms with Crippen molar-refractivity contribution in [2.45, 2.75) is 6.92 Å². The number of carbonyl (C=O) groups excluding carboxylic acids is 1. The minimum Gasteiger partial charge on any atom is -0.497 e. The maximum absolute atomic E-state index is 13.9. The molecular weight excluding hydrogens is 341 g/mol. The number of ether oxygens (including phenoxy) is 2. The standard InChI is InChI=1S/C19H18FNO3S/c1-12-17-15(20)4-3-5-16(17)25-18(12)19(22)21-10-11-24-14-8-6-13(23-2)7-9-14/h3-9H,10-11H2,1-2H3,(H,21,22). The SMILES string of the molecule is COc1ccc(OCCNC(=O)c2sc3cccc(F)c3c2C)cc1. The van der Waals surface area contributed by atoms with Crippen LogP contribution in [-0.4, -0.2) is 26.2 Å². The molecule has 3 rings (SSSR count). The molecule has 0 saturated heterocycles. The van der Waals surface area contributed by atoms with Gasteiger partial charge in [0.2, 0.25) is 0 Å². The van der Waals surface area contributed by atoms with Gasteiger partial charge in [0.15, 0.2) is 0 Å². The summed E-state index contributed by atoms with van der Waals surface area (Å²) in [5.41, 5.74) is 0.673. The second-order valence-electron chi connectivity index (χ2n) is 5.45. The molecule has 0 aliphatic heterocycles. The summed E-state index contributed by atoms with van der Waals surface area (Å²) in [7, 11) is 1.60. The first kappa shape index (κ1) is 17.2. The predicted octanol–water partition coefficient (Wildman–Crippen LogP) is 4.17. The van der Waals surface area contributed by atoms with Gasteiger partial charge in [0.25, 0.3) is 5.91 Å². The number of carbonyl (C=O) groups is 1. The van der Waals surface area contributed by atoms with E-state index in [0.29, 0.717) is 34.7 Å². The van der Waals surface area contributed by atoms with Crippen molar-refractivity contribution in [2.24, 2.45) is 0 Å². The third-order valence-electron chi connectivity index (χ3n) is 3.83. The summed E-state index contributed by atoms with van der Waals surface area (Å²) in [6.07, 6.45) is 0. The Morgan fingerprint density at radius 2 is 1.88 bits per heavy atom. The number of hydrogen-bond acceptors (Lipinski definition) is 4. The normalized spacial score (nSPS) is 10.7. The van der Waals surface area contributed by atoms with Crippen LogP contribution in [0.4, 0.5) is 4.39 Å². The zero-order chi connectivity index (χ0) is 17.8. The van der Waals surface area contributed by atoms with Crippen molar-refractivity contribution >= 4 is 27.3 Å². The molecule has 0 atom stereocenters. The molecule has 0 fully saturated rings. The molecule has 0 aliphatic carbocycles. The van der Waals surface area contributed by atoms with Gasteiger partial charge in [0, 0.05) is 10.1 Å². The van der Waals surface area contributed by atoms with Crippen LogP contribution >= 0.6 is 11.3 Å². The molecule has 0 saturated carbocycles. The van der Waals surface area contributed by atoms with E-state index in [-0.39, 0.29) is 11.7 Å². The molecule has 3 aromatic rings. The fourth-order valence-electron chi connectivity index (χ4n) is 2.56. The summed E-state index contributed by atoms with van der Waals surface area (Å²) in [5, 5.41) is 3.33. The summed E-state index contributed by atoms with van der Waals surface area (Å²) in [5.74, 6) is 0.952. The van der Waals surface area contributed by atoms with Gasteiger partial charge in [-0.15, -0.1) is 11.3 Å². The summed E-state index contributed by atoms with van der Waals surface area (Å²) >= 11 is 1.30. The molecule has 2 aromatic carbocycles. The Labute approximate surface area is 149 Å². The first-order valence-corrected chi connectivity index (χ1v) is 8.64. The first-order chi connectivity index (χ1) is 12.1. The van der Waals surface area contributed by atoms with Crippen LogP contribution < -0.4 is 14.8 Å². The Morgan fingerprint density at radius 3 is 2.56 bits per heavy atom. The molecule has 6 heteroatoms. The van der Waals surface area contributed by atoms with E-state index in [2.05, 4.69) is 5.32 Å². The van der Waals surface area contributed by atoms with Gasteiger partial charge in [-0.25, -0.2) is 4.39 Å². The van der Waals surface area contributed by atoms with E-state index >= 15 is 0 Å². The van der Waals surface area contributed by atoms with E-state index in [1.165, 1.54) is 17.4 Å². The number of halogens is 1. The number of amides is 1. The minimum atomic E-state index is -0.298. The third kappa shape index (κ3) is 3.74. The molecule has 0 aliphatic rings. The maximum atomic E-state index is 13.9. The number of aryl methyl sites for hydroxylation is 1. The van der Waals surface area contributed by atoms with Gasteiger partial charge < -0.3 is 14.8 Å². The van der Waals surface area contributed by atoms with E-state index in [4.69, 9.17) is 9.47 Å². The lowest BCUT2D eigenvalue weighted by molar-refractivity contribution is 0.0950. The van der Waals surface area contributed by atoms with Gasteiger partial charge in [-0.3, -0.25) is 4.79 Å². The molecule has 130 valence electrons. The lowest BCUT2D eigenvalue weighted by atomic mass is 10.1. The smallest absolute Gasteiger partial charge is 0.261 e. The third-order valence-corrected chi connectivity index (χ3v) is 5.08. The number of thiophene rings is 1. The average Bonchev–Trinajstić information content (AvgIpc) is 2.97. The van der Waals surface area contributed by atoms with Gasteiger partial charge in [0.1, 0.15) is 23.9 Å². The number of hydrogen-bond donors (Lipinski definition) is 1. The fraction of sp³-hybridized carbons (Fsp3) is 0.211. The highest BCUT2D eigenvalue weighted by atomic mass is 32.1.